The molecule has 1 aromatic rings. The fraction of sp³-hybridized carbons (Fsp3) is 0.526. The zero-order chi connectivity index (χ0) is 20.7. The van der Waals surface area contributed by atoms with Crippen LogP contribution in [0.5, 0.6) is 0 Å². The summed E-state index contributed by atoms with van der Waals surface area (Å²) in [6, 6.07) is 7.57. The Morgan fingerprint density at radius 2 is 1.89 bits per heavy atom. The predicted molar refractivity (Wildman–Crippen MR) is 92.0 cm³/mol. The zero-order valence-electron chi connectivity index (χ0n) is 15.3. The van der Waals surface area contributed by atoms with Gasteiger partial charge in [0.1, 0.15) is 0 Å². The maximum Gasteiger partial charge on any atom is 0.406 e. The SMILES string of the molecule is Cc1ccc(CN2CC(C(=O)N3CCC(C(=O)O)(C(F)(F)F)C3)CC2=O)cc1. The number of carbonyl (C=O) groups is 3. The lowest BCUT2D eigenvalue weighted by molar-refractivity contribution is -0.227. The first-order valence-electron chi connectivity index (χ1n) is 8.96. The highest BCUT2D eigenvalue weighted by Crippen LogP contribution is 2.46. The first-order chi connectivity index (χ1) is 13.0. The van der Waals surface area contributed by atoms with Crippen molar-refractivity contribution in [2.24, 2.45) is 11.3 Å². The van der Waals surface area contributed by atoms with Crippen molar-refractivity contribution < 1.29 is 32.7 Å². The summed E-state index contributed by atoms with van der Waals surface area (Å²) in [5.41, 5.74) is -0.965. The fourth-order valence-electron chi connectivity index (χ4n) is 3.79. The van der Waals surface area contributed by atoms with Gasteiger partial charge in [-0.15, -0.1) is 0 Å². The van der Waals surface area contributed by atoms with Gasteiger partial charge in [-0.25, -0.2) is 0 Å². The van der Waals surface area contributed by atoms with Gasteiger partial charge in [0.2, 0.25) is 11.8 Å². The van der Waals surface area contributed by atoms with Gasteiger partial charge < -0.3 is 14.9 Å². The summed E-state index contributed by atoms with van der Waals surface area (Å²) in [6.45, 7) is 1.19. The van der Waals surface area contributed by atoms with E-state index in [1.165, 1.54) is 4.90 Å². The smallest absolute Gasteiger partial charge is 0.406 e. The van der Waals surface area contributed by atoms with E-state index in [0.717, 1.165) is 16.0 Å². The van der Waals surface area contributed by atoms with Gasteiger partial charge in [0.05, 0.1) is 5.92 Å². The monoisotopic (exact) mass is 398 g/mol. The van der Waals surface area contributed by atoms with Crippen molar-refractivity contribution in [1.29, 1.82) is 0 Å². The van der Waals surface area contributed by atoms with Crippen molar-refractivity contribution in [3.8, 4) is 0 Å². The number of likely N-dealkylation sites (tertiary alicyclic amines) is 2. The molecule has 2 aliphatic heterocycles. The summed E-state index contributed by atoms with van der Waals surface area (Å²) in [5.74, 6) is -3.56. The van der Waals surface area contributed by atoms with E-state index in [4.69, 9.17) is 5.11 Å². The third-order valence-corrected chi connectivity index (χ3v) is 5.59. The van der Waals surface area contributed by atoms with Crippen LogP contribution >= 0.6 is 0 Å². The fourth-order valence-corrected chi connectivity index (χ4v) is 3.79. The van der Waals surface area contributed by atoms with Gasteiger partial charge in [0, 0.05) is 32.6 Å². The summed E-state index contributed by atoms with van der Waals surface area (Å²) in [4.78, 5) is 38.6. The number of carboxylic acids is 1. The standard InChI is InChI=1S/C19H21F3N2O4/c1-12-2-4-13(5-3-12)9-24-10-14(8-15(24)25)16(26)23-7-6-18(11-23,17(27)28)19(20,21)22/h2-5,14H,6-11H2,1H3,(H,27,28). The molecule has 0 spiro atoms. The molecule has 2 amide bonds. The van der Waals surface area contributed by atoms with Crippen molar-refractivity contribution >= 4 is 17.8 Å². The van der Waals surface area contributed by atoms with Crippen LogP contribution in [0.2, 0.25) is 0 Å². The summed E-state index contributed by atoms with van der Waals surface area (Å²) >= 11 is 0. The first-order valence-corrected chi connectivity index (χ1v) is 8.96. The highest BCUT2D eigenvalue weighted by molar-refractivity contribution is 5.90. The van der Waals surface area contributed by atoms with E-state index >= 15 is 0 Å². The van der Waals surface area contributed by atoms with E-state index in [9.17, 15) is 27.6 Å². The molecule has 0 aliphatic carbocycles. The van der Waals surface area contributed by atoms with Crippen molar-refractivity contribution in [3.05, 3.63) is 35.4 Å². The first kappa shape index (κ1) is 20.2. The minimum Gasteiger partial charge on any atom is -0.481 e. The molecule has 0 aromatic heterocycles. The molecule has 3 rings (SSSR count). The molecule has 28 heavy (non-hydrogen) atoms. The van der Waals surface area contributed by atoms with E-state index in [1.54, 1.807) is 0 Å². The van der Waals surface area contributed by atoms with E-state index in [2.05, 4.69) is 0 Å². The Balaban J connectivity index is 1.66. The molecule has 1 N–H and O–H groups in total. The Bertz CT molecular complexity index is 793. The Labute approximate surface area is 159 Å². The summed E-state index contributed by atoms with van der Waals surface area (Å²) in [5, 5.41) is 9.11. The predicted octanol–water partition coefficient (Wildman–Crippen LogP) is 2.21. The van der Waals surface area contributed by atoms with Gasteiger partial charge in [-0.05, 0) is 18.9 Å². The van der Waals surface area contributed by atoms with Crippen molar-refractivity contribution in [2.75, 3.05) is 19.6 Å². The summed E-state index contributed by atoms with van der Waals surface area (Å²) < 4.78 is 39.9. The third-order valence-electron chi connectivity index (χ3n) is 5.59. The lowest BCUT2D eigenvalue weighted by atomic mass is 9.86. The van der Waals surface area contributed by atoms with Crippen LogP contribution < -0.4 is 0 Å². The van der Waals surface area contributed by atoms with Crippen molar-refractivity contribution in [1.82, 2.24) is 9.80 Å². The van der Waals surface area contributed by atoms with Gasteiger partial charge in [-0.3, -0.25) is 14.4 Å². The molecule has 0 radical (unpaired) electrons. The molecule has 1 aromatic carbocycles. The van der Waals surface area contributed by atoms with Crippen LogP contribution in [0.3, 0.4) is 0 Å². The number of nitrogens with zero attached hydrogens (tertiary/aromatic N) is 2. The average molecular weight is 398 g/mol. The lowest BCUT2D eigenvalue weighted by Gasteiger charge is -2.28. The Hall–Kier alpha value is -2.58. The molecular formula is C19H21F3N2O4. The van der Waals surface area contributed by atoms with E-state index in [-0.39, 0.29) is 25.4 Å². The molecule has 2 heterocycles. The number of benzene rings is 1. The van der Waals surface area contributed by atoms with Gasteiger partial charge in [0.15, 0.2) is 5.41 Å². The van der Waals surface area contributed by atoms with E-state index in [1.807, 2.05) is 31.2 Å². The lowest BCUT2D eigenvalue weighted by Crippen LogP contribution is -2.48. The van der Waals surface area contributed by atoms with E-state index in [0.29, 0.717) is 6.54 Å². The highest BCUT2D eigenvalue weighted by atomic mass is 19.4. The third kappa shape index (κ3) is 3.57. The molecule has 0 bridgehead atoms. The Morgan fingerprint density at radius 1 is 1.25 bits per heavy atom. The highest BCUT2D eigenvalue weighted by Gasteiger charge is 2.64. The average Bonchev–Trinajstić information content (AvgIpc) is 3.21. The quantitative estimate of drug-likeness (QED) is 0.844. The zero-order valence-corrected chi connectivity index (χ0v) is 15.3. The second-order valence-corrected chi connectivity index (χ2v) is 7.56. The van der Waals surface area contributed by atoms with Gasteiger partial charge in [0.25, 0.3) is 0 Å². The van der Waals surface area contributed by atoms with Gasteiger partial charge in [-0.1, -0.05) is 29.8 Å². The number of alkyl halides is 3. The van der Waals surface area contributed by atoms with Crippen LogP contribution in [0.1, 0.15) is 24.0 Å². The second kappa shape index (κ2) is 7.10. The molecule has 0 saturated carbocycles. The van der Waals surface area contributed by atoms with Crippen LogP contribution in [0.4, 0.5) is 13.2 Å². The molecule has 2 aliphatic rings. The molecule has 2 unspecified atom stereocenters. The molecule has 2 saturated heterocycles. The summed E-state index contributed by atoms with van der Waals surface area (Å²) in [6.07, 6.45) is -5.70. The molecule has 152 valence electrons. The number of aliphatic carboxylic acids is 1. The van der Waals surface area contributed by atoms with Crippen LogP contribution in [0.15, 0.2) is 24.3 Å². The summed E-state index contributed by atoms with van der Waals surface area (Å²) in [7, 11) is 0. The van der Waals surface area contributed by atoms with Crippen LogP contribution in [-0.4, -0.2) is 58.5 Å². The maximum absolute atomic E-state index is 13.3. The maximum atomic E-state index is 13.3. The van der Waals surface area contributed by atoms with Gasteiger partial charge >= 0.3 is 12.1 Å². The Morgan fingerprint density at radius 3 is 2.43 bits per heavy atom. The topological polar surface area (TPSA) is 77.9 Å². The number of hydrogen-bond acceptors (Lipinski definition) is 3. The molecular weight excluding hydrogens is 377 g/mol. The minimum atomic E-state index is -4.95. The number of aryl methyl sites for hydroxylation is 1. The van der Waals surface area contributed by atoms with Crippen LogP contribution in [0, 0.1) is 18.3 Å². The number of rotatable bonds is 4. The molecule has 6 nitrogen and oxygen atoms in total. The number of hydrogen-bond donors (Lipinski definition) is 1. The van der Waals surface area contributed by atoms with E-state index < -0.39 is 42.4 Å². The largest absolute Gasteiger partial charge is 0.481 e. The molecule has 9 heteroatoms. The van der Waals surface area contributed by atoms with Crippen LogP contribution in [-0.2, 0) is 20.9 Å². The van der Waals surface area contributed by atoms with Crippen LogP contribution in [0.25, 0.3) is 0 Å². The van der Waals surface area contributed by atoms with Gasteiger partial charge in [-0.2, -0.15) is 13.2 Å². The normalized spacial score (nSPS) is 25.4. The number of carboxylic acid groups (broad SMARTS) is 1. The number of halogens is 3. The van der Waals surface area contributed by atoms with Crippen molar-refractivity contribution in [2.45, 2.75) is 32.5 Å². The molecule has 2 fully saturated rings. The number of amides is 2. The Kier molecular flexibility index (Phi) is 5.12. The molecule has 2 atom stereocenters. The number of carbonyl (C=O) groups excluding carboxylic acids is 2. The van der Waals surface area contributed by atoms with Crippen molar-refractivity contribution in [3.63, 3.8) is 0 Å². The second-order valence-electron chi connectivity index (χ2n) is 7.56. The minimum absolute atomic E-state index is 0.0761.